The summed E-state index contributed by atoms with van der Waals surface area (Å²) in [5.74, 6) is 1.66. The zero-order valence-corrected chi connectivity index (χ0v) is 17.1. The third kappa shape index (κ3) is 4.74. The SMILES string of the molecule is CN=C(NCc1ccc(OC)nc1)N1CCCC2(CNC(=O)C2)C1.I. The zero-order chi connectivity index (χ0) is 17.0. The first-order valence-corrected chi connectivity index (χ1v) is 8.35. The number of rotatable bonds is 3. The molecule has 8 heteroatoms. The van der Waals surface area contributed by atoms with Crippen molar-refractivity contribution in [1.29, 1.82) is 0 Å². The molecule has 1 aromatic heterocycles. The highest BCUT2D eigenvalue weighted by molar-refractivity contribution is 14.0. The molecule has 3 heterocycles. The molecule has 0 aromatic carbocycles. The highest BCUT2D eigenvalue weighted by Gasteiger charge is 2.42. The predicted molar refractivity (Wildman–Crippen MR) is 107 cm³/mol. The van der Waals surface area contributed by atoms with E-state index in [1.807, 2.05) is 12.1 Å². The number of aromatic nitrogens is 1. The van der Waals surface area contributed by atoms with E-state index < -0.39 is 0 Å². The minimum Gasteiger partial charge on any atom is -0.481 e. The van der Waals surface area contributed by atoms with Crippen molar-refractivity contribution in [3.8, 4) is 5.88 Å². The molecule has 2 aliphatic heterocycles. The second kappa shape index (κ2) is 8.68. The van der Waals surface area contributed by atoms with Crippen LogP contribution in [0.2, 0.25) is 0 Å². The molecular weight excluding hydrogens is 433 g/mol. The normalized spacial score (nSPS) is 23.2. The fraction of sp³-hybridized carbons (Fsp3) is 0.588. The summed E-state index contributed by atoms with van der Waals surface area (Å²) in [4.78, 5) is 22.5. The van der Waals surface area contributed by atoms with Crippen molar-refractivity contribution in [3.63, 3.8) is 0 Å². The Bertz CT molecular complexity index is 622. The van der Waals surface area contributed by atoms with Crippen LogP contribution in [0.1, 0.15) is 24.8 Å². The van der Waals surface area contributed by atoms with Gasteiger partial charge in [-0.05, 0) is 18.4 Å². The van der Waals surface area contributed by atoms with E-state index in [-0.39, 0.29) is 35.3 Å². The summed E-state index contributed by atoms with van der Waals surface area (Å²) in [6, 6.07) is 3.84. The number of aliphatic imine (C=N–C) groups is 1. The largest absolute Gasteiger partial charge is 0.481 e. The van der Waals surface area contributed by atoms with Gasteiger partial charge in [0.2, 0.25) is 11.8 Å². The van der Waals surface area contributed by atoms with Gasteiger partial charge in [-0.3, -0.25) is 9.79 Å². The maximum Gasteiger partial charge on any atom is 0.220 e. The standard InChI is InChI=1S/C17H25N5O2.HI/c1-18-16(20-10-13-4-5-15(24-2)19-9-13)22-7-3-6-17(12-22)8-14(23)21-11-17;/h4-5,9H,3,6-8,10-12H2,1-2H3,(H,18,20)(H,21,23);1H. The number of nitrogens with one attached hydrogen (secondary N) is 2. The van der Waals surface area contributed by atoms with Crippen LogP contribution in [0.5, 0.6) is 5.88 Å². The number of nitrogens with zero attached hydrogens (tertiary/aromatic N) is 3. The van der Waals surface area contributed by atoms with E-state index in [1.165, 1.54) is 0 Å². The summed E-state index contributed by atoms with van der Waals surface area (Å²) in [7, 11) is 3.41. The Kier molecular flexibility index (Phi) is 6.86. The van der Waals surface area contributed by atoms with Crippen LogP contribution in [0.3, 0.4) is 0 Å². The molecule has 1 aromatic rings. The van der Waals surface area contributed by atoms with E-state index in [0.717, 1.165) is 44.0 Å². The van der Waals surface area contributed by atoms with Gasteiger partial charge in [-0.25, -0.2) is 4.98 Å². The van der Waals surface area contributed by atoms with Crippen LogP contribution in [0.4, 0.5) is 0 Å². The van der Waals surface area contributed by atoms with Crippen LogP contribution < -0.4 is 15.4 Å². The molecule has 2 saturated heterocycles. The summed E-state index contributed by atoms with van der Waals surface area (Å²) < 4.78 is 5.08. The summed E-state index contributed by atoms with van der Waals surface area (Å²) >= 11 is 0. The molecule has 25 heavy (non-hydrogen) atoms. The Morgan fingerprint density at radius 1 is 1.52 bits per heavy atom. The van der Waals surface area contributed by atoms with Crippen molar-refractivity contribution >= 4 is 35.8 Å². The average molecular weight is 459 g/mol. The first-order chi connectivity index (χ1) is 11.6. The first kappa shape index (κ1) is 19.7. The number of ether oxygens (including phenoxy) is 1. The molecule has 0 radical (unpaired) electrons. The average Bonchev–Trinajstić information content (AvgIpc) is 2.96. The first-order valence-electron chi connectivity index (χ1n) is 8.35. The Morgan fingerprint density at radius 2 is 2.36 bits per heavy atom. The van der Waals surface area contributed by atoms with E-state index >= 15 is 0 Å². The lowest BCUT2D eigenvalue weighted by molar-refractivity contribution is -0.119. The smallest absolute Gasteiger partial charge is 0.220 e. The molecule has 1 atom stereocenters. The van der Waals surface area contributed by atoms with Gasteiger partial charge in [-0.1, -0.05) is 6.07 Å². The number of piperidine rings is 1. The third-order valence-electron chi connectivity index (χ3n) is 4.83. The Balaban J connectivity index is 0.00000225. The summed E-state index contributed by atoms with van der Waals surface area (Å²) in [5.41, 5.74) is 1.13. The van der Waals surface area contributed by atoms with Gasteiger partial charge in [-0.2, -0.15) is 0 Å². The summed E-state index contributed by atoms with van der Waals surface area (Å²) in [6.07, 6.45) is 4.61. The van der Waals surface area contributed by atoms with Crippen LogP contribution in [0.15, 0.2) is 23.3 Å². The molecule has 0 saturated carbocycles. The Morgan fingerprint density at radius 3 is 2.96 bits per heavy atom. The van der Waals surface area contributed by atoms with Gasteiger partial charge in [0.05, 0.1) is 7.11 Å². The number of hydrogen-bond donors (Lipinski definition) is 2. The molecule has 3 rings (SSSR count). The fourth-order valence-electron chi connectivity index (χ4n) is 3.58. The predicted octanol–water partition coefficient (Wildman–Crippen LogP) is 1.39. The number of carbonyl (C=O) groups is 1. The van der Waals surface area contributed by atoms with E-state index in [4.69, 9.17) is 4.74 Å². The molecule has 1 spiro atoms. The number of carbonyl (C=O) groups excluding carboxylic acids is 1. The molecule has 138 valence electrons. The maximum atomic E-state index is 11.6. The molecule has 1 amide bonds. The topological polar surface area (TPSA) is 78.9 Å². The number of methoxy groups -OCH3 is 1. The van der Waals surface area contributed by atoms with Gasteiger partial charge in [0.1, 0.15) is 0 Å². The molecule has 1 unspecified atom stereocenters. The molecule has 0 aliphatic carbocycles. The van der Waals surface area contributed by atoms with Gasteiger partial charge < -0.3 is 20.3 Å². The van der Waals surface area contributed by atoms with Gasteiger partial charge in [-0.15, -0.1) is 24.0 Å². The van der Waals surface area contributed by atoms with Crippen molar-refractivity contribution in [3.05, 3.63) is 23.9 Å². The van der Waals surface area contributed by atoms with Gasteiger partial charge in [0.15, 0.2) is 5.96 Å². The van der Waals surface area contributed by atoms with Crippen molar-refractivity contribution in [2.45, 2.75) is 25.8 Å². The summed E-state index contributed by atoms with van der Waals surface area (Å²) in [5, 5.41) is 6.38. The van der Waals surface area contributed by atoms with E-state index in [2.05, 4.69) is 25.5 Å². The molecular formula is C17H26IN5O2. The second-order valence-electron chi connectivity index (χ2n) is 6.59. The molecule has 2 aliphatic rings. The highest BCUT2D eigenvalue weighted by atomic mass is 127. The molecule has 2 N–H and O–H groups in total. The van der Waals surface area contributed by atoms with Crippen LogP contribution >= 0.6 is 24.0 Å². The Labute approximate surface area is 165 Å². The van der Waals surface area contributed by atoms with Gasteiger partial charge in [0, 0.05) is 57.3 Å². The molecule has 7 nitrogen and oxygen atoms in total. The van der Waals surface area contributed by atoms with E-state index in [1.54, 1.807) is 20.4 Å². The van der Waals surface area contributed by atoms with Crippen LogP contribution in [0.25, 0.3) is 0 Å². The minimum absolute atomic E-state index is 0. The van der Waals surface area contributed by atoms with Crippen molar-refractivity contribution < 1.29 is 9.53 Å². The lowest BCUT2D eigenvalue weighted by Gasteiger charge is -2.40. The Hall–Kier alpha value is -1.58. The quantitative estimate of drug-likeness (QED) is 0.406. The van der Waals surface area contributed by atoms with Crippen molar-refractivity contribution in [1.82, 2.24) is 20.5 Å². The van der Waals surface area contributed by atoms with Crippen molar-refractivity contribution in [2.24, 2.45) is 10.4 Å². The maximum absolute atomic E-state index is 11.6. The van der Waals surface area contributed by atoms with E-state index in [0.29, 0.717) is 18.8 Å². The fourth-order valence-corrected chi connectivity index (χ4v) is 3.58. The van der Waals surface area contributed by atoms with Crippen LogP contribution in [-0.2, 0) is 11.3 Å². The van der Waals surface area contributed by atoms with Gasteiger partial charge in [0.25, 0.3) is 0 Å². The van der Waals surface area contributed by atoms with Crippen LogP contribution in [0, 0.1) is 5.41 Å². The monoisotopic (exact) mass is 459 g/mol. The number of guanidine groups is 1. The second-order valence-corrected chi connectivity index (χ2v) is 6.59. The third-order valence-corrected chi connectivity index (χ3v) is 4.83. The summed E-state index contributed by atoms with van der Waals surface area (Å²) in [6.45, 7) is 3.27. The minimum atomic E-state index is 0. The van der Waals surface area contributed by atoms with E-state index in [9.17, 15) is 4.79 Å². The molecule has 0 bridgehead atoms. The lowest BCUT2D eigenvalue weighted by Crippen LogP contribution is -2.51. The molecule has 2 fully saturated rings. The number of amides is 1. The zero-order valence-electron chi connectivity index (χ0n) is 14.7. The van der Waals surface area contributed by atoms with Gasteiger partial charge >= 0.3 is 0 Å². The van der Waals surface area contributed by atoms with Crippen LogP contribution in [-0.4, -0.2) is 55.5 Å². The highest BCUT2D eigenvalue weighted by Crippen LogP contribution is 2.35. The number of likely N-dealkylation sites (tertiary alicyclic amines) is 1. The number of hydrogen-bond acceptors (Lipinski definition) is 4. The number of pyridine rings is 1. The number of halogens is 1. The van der Waals surface area contributed by atoms with Crippen molar-refractivity contribution in [2.75, 3.05) is 33.8 Å². The lowest BCUT2D eigenvalue weighted by atomic mass is 9.79.